The Hall–Kier alpha value is -0.550. The van der Waals surface area contributed by atoms with E-state index in [1.807, 2.05) is 0 Å². The maximum atomic E-state index is 5.47. The molecule has 0 aromatic heterocycles. The van der Waals surface area contributed by atoms with E-state index in [4.69, 9.17) is 4.74 Å². The lowest BCUT2D eigenvalue weighted by Gasteiger charge is -2.37. The molecule has 0 aliphatic heterocycles. The van der Waals surface area contributed by atoms with E-state index in [-0.39, 0.29) is 0 Å². The molecule has 1 aromatic rings. The Bertz CT molecular complexity index is 356. The normalized spacial score (nSPS) is 18.9. The number of methoxy groups -OCH3 is 1. The van der Waals surface area contributed by atoms with Crippen LogP contribution in [0, 0.1) is 5.41 Å². The first-order chi connectivity index (χ1) is 8.29. The SMILES string of the molecule is COc1ccccc1CC1(CP)CCCCC1. The Morgan fingerprint density at radius 1 is 1.18 bits per heavy atom. The fourth-order valence-electron chi connectivity index (χ4n) is 3.01. The first kappa shape index (κ1) is 12.9. The molecule has 2 heteroatoms. The topological polar surface area (TPSA) is 9.23 Å². The fraction of sp³-hybridized carbons (Fsp3) is 0.600. The fourth-order valence-corrected chi connectivity index (χ4v) is 3.56. The average Bonchev–Trinajstić information content (AvgIpc) is 2.40. The highest BCUT2D eigenvalue weighted by Crippen LogP contribution is 2.42. The first-order valence-corrected chi connectivity index (χ1v) is 7.43. The zero-order valence-electron chi connectivity index (χ0n) is 10.7. The number of para-hydroxylation sites is 1. The van der Waals surface area contributed by atoms with Gasteiger partial charge in [-0.2, -0.15) is 0 Å². The van der Waals surface area contributed by atoms with Crippen LogP contribution in [0.4, 0.5) is 0 Å². The zero-order chi connectivity index (χ0) is 12.1. The molecule has 17 heavy (non-hydrogen) atoms. The molecule has 1 fully saturated rings. The van der Waals surface area contributed by atoms with Crippen LogP contribution in [0.2, 0.25) is 0 Å². The van der Waals surface area contributed by atoms with E-state index in [1.54, 1.807) is 7.11 Å². The van der Waals surface area contributed by atoms with Gasteiger partial charge in [-0.3, -0.25) is 0 Å². The minimum Gasteiger partial charge on any atom is -0.496 e. The average molecular weight is 250 g/mol. The standard InChI is InChI=1S/C15H23OP/c1-16-14-8-4-3-7-13(14)11-15(12-17)9-5-2-6-10-15/h3-4,7-8H,2,5-6,9-12,17H2,1H3. The van der Waals surface area contributed by atoms with Gasteiger partial charge in [0.05, 0.1) is 7.11 Å². The van der Waals surface area contributed by atoms with Crippen molar-refractivity contribution in [3.8, 4) is 5.75 Å². The smallest absolute Gasteiger partial charge is 0.122 e. The second-order valence-electron chi connectivity index (χ2n) is 5.25. The molecule has 0 bridgehead atoms. The third kappa shape index (κ3) is 3.01. The van der Waals surface area contributed by atoms with Gasteiger partial charge in [-0.15, -0.1) is 9.24 Å². The van der Waals surface area contributed by atoms with Gasteiger partial charge < -0.3 is 4.74 Å². The molecule has 0 radical (unpaired) electrons. The van der Waals surface area contributed by atoms with Crippen molar-refractivity contribution in [1.82, 2.24) is 0 Å². The summed E-state index contributed by atoms with van der Waals surface area (Å²) in [5, 5.41) is 0. The molecule has 1 atom stereocenters. The van der Waals surface area contributed by atoms with Crippen LogP contribution in [0.5, 0.6) is 5.75 Å². The van der Waals surface area contributed by atoms with E-state index in [1.165, 1.54) is 50.3 Å². The van der Waals surface area contributed by atoms with Crippen LogP contribution in [-0.4, -0.2) is 13.3 Å². The number of hydrogen-bond donors (Lipinski definition) is 0. The summed E-state index contributed by atoms with van der Waals surface area (Å²) < 4.78 is 5.47. The highest BCUT2D eigenvalue weighted by molar-refractivity contribution is 7.16. The van der Waals surface area contributed by atoms with Gasteiger partial charge in [0.1, 0.15) is 5.75 Å². The molecule has 0 spiro atoms. The lowest BCUT2D eigenvalue weighted by Crippen LogP contribution is -2.28. The van der Waals surface area contributed by atoms with Gasteiger partial charge in [-0.1, -0.05) is 37.5 Å². The Kier molecular flexibility index (Phi) is 4.45. The van der Waals surface area contributed by atoms with Gasteiger partial charge in [0.25, 0.3) is 0 Å². The largest absolute Gasteiger partial charge is 0.496 e. The van der Waals surface area contributed by atoms with Gasteiger partial charge in [0, 0.05) is 0 Å². The summed E-state index contributed by atoms with van der Waals surface area (Å²) in [7, 11) is 4.73. The summed E-state index contributed by atoms with van der Waals surface area (Å²) in [6.07, 6.45) is 9.32. The maximum Gasteiger partial charge on any atom is 0.122 e. The molecule has 2 rings (SSSR count). The second-order valence-corrected chi connectivity index (χ2v) is 5.66. The van der Waals surface area contributed by atoms with Crippen LogP contribution in [0.25, 0.3) is 0 Å². The molecule has 1 aliphatic carbocycles. The van der Waals surface area contributed by atoms with Crippen LogP contribution in [0.15, 0.2) is 24.3 Å². The predicted molar refractivity (Wildman–Crippen MR) is 76.8 cm³/mol. The van der Waals surface area contributed by atoms with Crippen molar-refractivity contribution in [2.45, 2.75) is 38.5 Å². The molecule has 1 aromatic carbocycles. The van der Waals surface area contributed by atoms with E-state index in [0.29, 0.717) is 5.41 Å². The van der Waals surface area contributed by atoms with E-state index in [9.17, 15) is 0 Å². The Balaban J connectivity index is 2.17. The first-order valence-electron chi connectivity index (χ1n) is 6.62. The molecule has 0 heterocycles. The highest BCUT2D eigenvalue weighted by Gasteiger charge is 2.31. The predicted octanol–water partition coefficient (Wildman–Crippen LogP) is 4.06. The zero-order valence-corrected chi connectivity index (χ0v) is 11.9. The van der Waals surface area contributed by atoms with Crippen LogP contribution < -0.4 is 4.74 Å². The van der Waals surface area contributed by atoms with Gasteiger partial charge >= 0.3 is 0 Å². The third-order valence-corrected chi connectivity index (χ3v) is 4.97. The lowest BCUT2D eigenvalue weighted by molar-refractivity contribution is 0.219. The number of ether oxygens (including phenoxy) is 1. The van der Waals surface area contributed by atoms with Crippen LogP contribution in [-0.2, 0) is 6.42 Å². The van der Waals surface area contributed by atoms with Crippen molar-refractivity contribution < 1.29 is 4.74 Å². The summed E-state index contributed by atoms with van der Waals surface area (Å²) in [6.45, 7) is 0. The van der Waals surface area contributed by atoms with E-state index in [0.717, 1.165) is 5.75 Å². The molecule has 0 saturated heterocycles. The quantitative estimate of drug-likeness (QED) is 0.732. The van der Waals surface area contributed by atoms with Crippen molar-refractivity contribution in [2.24, 2.45) is 5.41 Å². The van der Waals surface area contributed by atoms with E-state index in [2.05, 4.69) is 33.5 Å². The van der Waals surface area contributed by atoms with Gasteiger partial charge in [0.2, 0.25) is 0 Å². The van der Waals surface area contributed by atoms with Crippen LogP contribution in [0.1, 0.15) is 37.7 Å². The van der Waals surface area contributed by atoms with E-state index < -0.39 is 0 Å². The summed E-state index contributed by atoms with van der Waals surface area (Å²) >= 11 is 0. The molecule has 1 saturated carbocycles. The van der Waals surface area contributed by atoms with Crippen molar-refractivity contribution in [3.63, 3.8) is 0 Å². The minimum absolute atomic E-state index is 0.498. The molecule has 1 unspecified atom stereocenters. The lowest BCUT2D eigenvalue weighted by atomic mass is 9.71. The molecule has 94 valence electrons. The number of benzene rings is 1. The minimum atomic E-state index is 0.498. The molecule has 1 aliphatic rings. The molecule has 0 N–H and O–H groups in total. The van der Waals surface area contributed by atoms with Crippen molar-refractivity contribution in [2.75, 3.05) is 13.3 Å². The van der Waals surface area contributed by atoms with Crippen molar-refractivity contribution in [3.05, 3.63) is 29.8 Å². The maximum absolute atomic E-state index is 5.47. The highest BCUT2D eigenvalue weighted by atomic mass is 31.0. The van der Waals surface area contributed by atoms with E-state index >= 15 is 0 Å². The van der Waals surface area contributed by atoms with Gasteiger partial charge in [-0.25, -0.2) is 0 Å². The Morgan fingerprint density at radius 3 is 2.53 bits per heavy atom. The third-order valence-electron chi connectivity index (χ3n) is 4.11. The number of rotatable bonds is 4. The summed E-state index contributed by atoms with van der Waals surface area (Å²) in [6, 6.07) is 8.47. The van der Waals surface area contributed by atoms with Gasteiger partial charge in [-0.05, 0) is 42.5 Å². The van der Waals surface area contributed by atoms with Crippen molar-refractivity contribution in [1.29, 1.82) is 0 Å². The second kappa shape index (κ2) is 5.87. The molecular formula is C15H23OP. The number of hydrogen-bond acceptors (Lipinski definition) is 1. The molecular weight excluding hydrogens is 227 g/mol. The monoisotopic (exact) mass is 250 g/mol. The Labute approximate surface area is 107 Å². The van der Waals surface area contributed by atoms with Gasteiger partial charge in [0.15, 0.2) is 0 Å². The summed E-state index contributed by atoms with van der Waals surface area (Å²) in [5.74, 6) is 1.05. The summed E-state index contributed by atoms with van der Waals surface area (Å²) in [4.78, 5) is 0. The summed E-state index contributed by atoms with van der Waals surface area (Å²) in [5.41, 5.74) is 1.87. The van der Waals surface area contributed by atoms with Crippen molar-refractivity contribution >= 4 is 9.24 Å². The Morgan fingerprint density at radius 2 is 1.88 bits per heavy atom. The van der Waals surface area contributed by atoms with Crippen LogP contribution >= 0.6 is 9.24 Å². The molecule has 1 nitrogen and oxygen atoms in total. The van der Waals surface area contributed by atoms with Crippen LogP contribution in [0.3, 0.4) is 0 Å². The molecule has 0 amide bonds.